The molecule has 4 unspecified atom stereocenters. The highest BCUT2D eigenvalue weighted by molar-refractivity contribution is 5.96. The van der Waals surface area contributed by atoms with Gasteiger partial charge in [0.25, 0.3) is 0 Å². The van der Waals surface area contributed by atoms with Gasteiger partial charge in [-0.15, -0.1) is 0 Å². The second-order valence-corrected chi connectivity index (χ2v) is 10.1. The molecular formula is C29H33N7O6. The number of para-hydroxylation sites is 2. The average molecular weight is 576 g/mol. The van der Waals surface area contributed by atoms with E-state index in [1.54, 1.807) is 12.4 Å². The van der Waals surface area contributed by atoms with Crippen LogP contribution in [0.3, 0.4) is 0 Å². The van der Waals surface area contributed by atoms with E-state index in [-0.39, 0.29) is 12.8 Å². The van der Waals surface area contributed by atoms with Crippen molar-refractivity contribution in [2.24, 2.45) is 11.5 Å². The van der Waals surface area contributed by atoms with E-state index in [0.29, 0.717) is 5.56 Å². The Morgan fingerprint density at radius 1 is 0.738 bits per heavy atom. The monoisotopic (exact) mass is 575 g/mol. The summed E-state index contributed by atoms with van der Waals surface area (Å²) < 4.78 is 0. The van der Waals surface area contributed by atoms with Crippen LogP contribution in [0.15, 0.2) is 60.9 Å². The van der Waals surface area contributed by atoms with E-state index in [1.807, 2.05) is 48.5 Å². The molecule has 0 saturated carbocycles. The summed E-state index contributed by atoms with van der Waals surface area (Å²) in [5.41, 5.74) is 14.0. The molecule has 0 fully saturated rings. The lowest BCUT2D eigenvalue weighted by atomic mass is 10.0. The minimum Gasteiger partial charge on any atom is -0.480 e. The van der Waals surface area contributed by atoms with Gasteiger partial charge in [0.2, 0.25) is 23.6 Å². The normalized spacial score (nSPS) is 14.0. The second-order valence-electron chi connectivity index (χ2n) is 10.1. The molecule has 13 nitrogen and oxygen atoms in total. The summed E-state index contributed by atoms with van der Waals surface area (Å²) in [6, 6.07) is 9.91. The number of nitrogens with two attached hydrogens (primary N) is 2. The molecule has 0 bridgehead atoms. The summed E-state index contributed by atoms with van der Waals surface area (Å²) in [7, 11) is 0. The Morgan fingerprint density at radius 3 is 1.60 bits per heavy atom. The maximum Gasteiger partial charge on any atom is 0.326 e. The smallest absolute Gasteiger partial charge is 0.326 e. The van der Waals surface area contributed by atoms with Gasteiger partial charge in [-0.1, -0.05) is 36.4 Å². The van der Waals surface area contributed by atoms with Crippen molar-refractivity contribution in [2.45, 2.75) is 50.4 Å². The average Bonchev–Trinajstić information content (AvgIpc) is 3.55. The van der Waals surface area contributed by atoms with Crippen LogP contribution in [0.5, 0.6) is 0 Å². The largest absolute Gasteiger partial charge is 0.480 e. The molecule has 42 heavy (non-hydrogen) atoms. The predicted octanol–water partition coefficient (Wildman–Crippen LogP) is 0.196. The number of rotatable bonds is 13. The lowest BCUT2D eigenvalue weighted by Gasteiger charge is -2.25. The van der Waals surface area contributed by atoms with Crippen molar-refractivity contribution in [3.05, 3.63) is 72.1 Å². The number of carbonyl (C=O) groups excluding carboxylic acids is 4. The summed E-state index contributed by atoms with van der Waals surface area (Å²) in [5.74, 6) is -4.47. The van der Waals surface area contributed by atoms with E-state index < -0.39 is 60.2 Å². The molecule has 0 spiro atoms. The fourth-order valence-corrected chi connectivity index (χ4v) is 4.71. The molecule has 2 aromatic heterocycles. The number of aromatic amines is 2. The highest BCUT2D eigenvalue weighted by atomic mass is 16.4. The first-order chi connectivity index (χ1) is 20.0. The number of hydrogen-bond acceptors (Lipinski definition) is 6. The van der Waals surface area contributed by atoms with E-state index in [1.165, 1.54) is 6.92 Å². The van der Waals surface area contributed by atoms with Crippen LogP contribution in [0.2, 0.25) is 0 Å². The predicted molar refractivity (Wildman–Crippen MR) is 155 cm³/mol. The summed E-state index contributed by atoms with van der Waals surface area (Å²) in [5, 5.41) is 18.8. The highest BCUT2D eigenvalue weighted by Crippen LogP contribution is 2.21. The van der Waals surface area contributed by atoms with Crippen LogP contribution in [0, 0.1) is 0 Å². The van der Waals surface area contributed by atoms with Gasteiger partial charge in [0.05, 0.1) is 12.5 Å². The number of H-pyrrole nitrogens is 2. The first-order valence-corrected chi connectivity index (χ1v) is 13.3. The van der Waals surface area contributed by atoms with Gasteiger partial charge in [-0.2, -0.15) is 0 Å². The quantitative estimate of drug-likeness (QED) is 0.110. The molecule has 0 aliphatic heterocycles. The van der Waals surface area contributed by atoms with Crippen molar-refractivity contribution in [1.29, 1.82) is 0 Å². The van der Waals surface area contributed by atoms with Gasteiger partial charge >= 0.3 is 5.97 Å². The molecule has 10 N–H and O–H groups in total. The topological polar surface area (TPSA) is 225 Å². The van der Waals surface area contributed by atoms with Crippen LogP contribution in [-0.2, 0) is 36.8 Å². The minimum absolute atomic E-state index is 0.0223. The molecule has 2 aromatic carbocycles. The molecule has 220 valence electrons. The van der Waals surface area contributed by atoms with E-state index in [0.717, 1.165) is 27.4 Å². The van der Waals surface area contributed by atoms with Gasteiger partial charge in [0.1, 0.15) is 18.1 Å². The molecule has 4 rings (SSSR count). The number of carbonyl (C=O) groups is 5. The van der Waals surface area contributed by atoms with Gasteiger partial charge < -0.3 is 42.5 Å². The molecule has 4 amide bonds. The van der Waals surface area contributed by atoms with Crippen LogP contribution in [0.4, 0.5) is 0 Å². The Balaban J connectivity index is 1.63. The number of carboxylic acid groups (broad SMARTS) is 1. The van der Waals surface area contributed by atoms with Crippen LogP contribution in [0.25, 0.3) is 21.8 Å². The zero-order valence-electron chi connectivity index (χ0n) is 22.8. The SMILES string of the molecule is CC(N)C(=O)NC(Cc1c[nH]c2ccccc12)C(=O)NC(Cc1c[nH]c2ccccc12)C(=O)NC(CC(N)=O)C(=O)O. The number of amides is 4. The van der Waals surface area contributed by atoms with E-state index >= 15 is 0 Å². The fraction of sp³-hybridized carbons (Fsp3) is 0.276. The molecule has 2 heterocycles. The molecule has 0 aliphatic rings. The maximum atomic E-state index is 13.7. The minimum atomic E-state index is -1.60. The number of fused-ring (bicyclic) bond motifs is 2. The highest BCUT2D eigenvalue weighted by Gasteiger charge is 2.31. The van der Waals surface area contributed by atoms with Crippen molar-refractivity contribution in [3.63, 3.8) is 0 Å². The zero-order valence-corrected chi connectivity index (χ0v) is 22.8. The number of aliphatic carboxylic acids is 1. The molecule has 4 aromatic rings. The van der Waals surface area contributed by atoms with Crippen LogP contribution < -0.4 is 27.4 Å². The molecule has 0 aliphatic carbocycles. The van der Waals surface area contributed by atoms with E-state index in [4.69, 9.17) is 11.5 Å². The van der Waals surface area contributed by atoms with Crippen molar-refractivity contribution in [3.8, 4) is 0 Å². The van der Waals surface area contributed by atoms with Crippen molar-refractivity contribution < 1.29 is 29.1 Å². The Bertz CT molecular complexity index is 1620. The summed E-state index contributed by atoms with van der Waals surface area (Å²) >= 11 is 0. The van der Waals surface area contributed by atoms with E-state index in [2.05, 4.69) is 25.9 Å². The number of carboxylic acids is 1. The van der Waals surface area contributed by atoms with Crippen molar-refractivity contribution >= 4 is 51.4 Å². The van der Waals surface area contributed by atoms with Gasteiger partial charge in [0, 0.05) is 47.0 Å². The fourth-order valence-electron chi connectivity index (χ4n) is 4.71. The number of primary amides is 1. The van der Waals surface area contributed by atoms with Crippen LogP contribution in [-0.4, -0.2) is 68.8 Å². The zero-order chi connectivity index (χ0) is 30.4. The standard InChI is InChI=1S/C29H33N7O6/c1-15(30)26(38)34-22(10-16-13-32-20-8-4-2-6-18(16)20)27(39)35-23(28(40)36-24(29(41)42)12-25(31)37)11-17-14-33-21-9-5-3-7-19(17)21/h2-9,13-15,22-24,32-33H,10-12,30H2,1H3,(H2,31,37)(H,34,38)(H,35,39)(H,36,40)(H,41,42). The summed E-state index contributed by atoms with van der Waals surface area (Å²) in [4.78, 5) is 69.1. The van der Waals surface area contributed by atoms with Gasteiger partial charge in [-0.3, -0.25) is 19.2 Å². The third-order valence-corrected chi connectivity index (χ3v) is 6.90. The van der Waals surface area contributed by atoms with Crippen LogP contribution in [0.1, 0.15) is 24.5 Å². The first kappa shape index (κ1) is 29.8. The van der Waals surface area contributed by atoms with Crippen molar-refractivity contribution in [2.75, 3.05) is 0 Å². The Kier molecular flexibility index (Phi) is 9.22. The molecule has 0 radical (unpaired) electrons. The van der Waals surface area contributed by atoms with Gasteiger partial charge in [-0.25, -0.2) is 4.79 Å². The second kappa shape index (κ2) is 13.0. The Hall–Kier alpha value is -5.17. The Morgan fingerprint density at radius 2 is 1.17 bits per heavy atom. The lowest BCUT2D eigenvalue weighted by molar-refractivity contribution is -0.143. The van der Waals surface area contributed by atoms with Gasteiger partial charge in [-0.05, 0) is 30.2 Å². The third-order valence-electron chi connectivity index (χ3n) is 6.90. The number of nitrogens with one attached hydrogen (secondary N) is 5. The lowest BCUT2D eigenvalue weighted by Crippen LogP contribution is -2.58. The first-order valence-electron chi connectivity index (χ1n) is 13.3. The molecular weight excluding hydrogens is 542 g/mol. The van der Waals surface area contributed by atoms with E-state index in [9.17, 15) is 29.1 Å². The van der Waals surface area contributed by atoms with Gasteiger partial charge in [0.15, 0.2) is 0 Å². The number of benzene rings is 2. The number of hydrogen-bond donors (Lipinski definition) is 8. The maximum absolute atomic E-state index is 13.7. The molecule has 0 saturated heterocycles. The van der Waals surface area contributed by atoms with Crippen molar-refractivity contribution in [1.82, 2.24) is 25.9 Å². The number of aromatic nitrogens is 2. The molecule has 4 atom stereocenters. The molecule has 13 heteroatoms. The van der Waals surface area contributed by atoms with Crippen LogP contribution >= 0.6 is 0 Å². The third kappa shape index (κ3) is 7.12. The Labute approximate surface area is 240 Å². The summed E-state index contributed by atoms with van der Waals surface area (Å²) in [6.45, 7) is 1.48. The summed E-state index contributed by atoms with van der Waals surface area (Å²) in [6.07, 6.45) is 2.85.